The molecule has 0 radical (unpaired) electrons. The Kier molecular flexibility index (Phi) is 3.42. The highest BCUT2D eigenvalue weighted by Gasteiger charge is 2.39. The number of hydrogen-bond acceptors (Lipinski definition) is 3. The fraction of sp³-hybridized carbons (Fsp3) is 1.00. The molecular formula is C14H25NO2. The topological polar surface area (TPSA) is 41.5 Å². The minimum Gasteiger partial charge on any atom is -0.388 e. The molecular weight excluding hydrogens is 214 g/mol. The fourth-order valence-electron chi connectivity index (χ4n) is 4.04. The first-order valence-electron chi connectivity index (χ1n) is 7.26. The molecule has 3 rings (SSSR count). The summed E-state index contributed by atoms with van der Waals surface area (Å²) in [6.07, 6.45) is 7.41. The highest BCUT2D eigenvalue weighted by atomic mass is 16.5. The molecule has 2 aliphatic carbocycles. The lowest BCUT2D eigenvalue weighted by atomic mass is 9.88. The smallest absolute Gasteiger partial charge is 0.0815 e. The van der Waals surface area contributed by atoms with Gasteiger partial charge in [-0.2, -0.15) is 0 Å². The largest absolute Gasteiger partial charge is 0.388 e. The standard InChI is InChI=1S/C14H25NO2/c16-14(3-5-17-6-4-14)10-15-9-13-8-11-1-2-12(13)7-11/h11-13,15-16H,1-10H2. The van der Waals surface area contributed by atoms with E-state index in [0.29, 0.717) is 13.2 Å². The molecule has 1 aliphatic heterocycles. The van der Waals surface area contributed by atoms with Crippen LogP contribution in [0, 0.1) is 17.8 Å². The summed E-state index contributed by atoms with van der Waals surface area (Å²) in [7, 11) is 0. The molecule has 0 aromatic heterocycles. The molecule has 2 N–H and O–H groups in total. The van der Waals surface area contributed by atoms with E-state index in [0.717, 1.165) is 43.7 Å². The molecule has 0 amide bonds. The van der Waals surface area contributed by atoms with Gasteiger partial charge in [0, 0.05) is 32.6 Å². The normalized spacial score (nSPS) is 39.7. The van der Waals surface area contributed by atoms with Crippen molar-refractivity contribution in [1.29, 1.82) is 0 Å². The summed E-state index contributed by atoms with van der Waals surface area (Å²) in [6, 6.07) is 0. The Bertz CT molecular complexity index is 263. The van der Waals surface area contributed by atoms with Gasteiger partial charge in [0.05, 0.1) is 5.60 Å². The Morgan fingerprint density at radius 2 is 2.00 bits per heavy atom. The lowest BCUT2D eigenvalue weighted by Gasteiger charge is -2.33. The van der Waals surface area contributed by atoms with Crippen LogP contribution in [0.15, 0.2) is 0 Å². The van der Waals surface area contributed by atoms with E-state index in [-0.39, 0.29) is 0 Å². The second-order valence-corrected chi connectivity index (χ2v) is 6.40. The molecule has 3 nitrogen and oxygen atoms in total. The van der Waals surface area contributed by atoms with E-state index in [2.05, 4.69) is 5.32 Å². The number of nitrogens with one attached hydrogen (secondary N) is 1. The first-order chi connectivity index (χ1) is 8.25. The first-order valence-corrected chi connectivity index (χ1v) is 7.26. The van der Waals surface area contributed by atoms with Crippen LogP contribution in [0.3, 0.4) is 0 Å². The Hall–Kier alpha value is -0.120. The van der Waals surface area contributed by atoms with Crippen molar-refractivity contribution in [2.24, 2.45) is 17.8 Å². The second-order valence-electron chi connectivity index (χ2n) is 6.40. The summed E-state index contributed by atoms with van der Waals surface area (Å²) in [4.78, 5) is 0. The van der Waals surface area contributed by atoms with E-state index in [1.807, 2.05) is 0 Å². The van der Waals surface area contributed by atoms with Crippen LogP contribution >= 0.6 is 0 Å². The fourth-order valence-corrected chi connectivity index (χ4v) is 4.04. The van der Waals surface area contributed by atoms with Crippen molar-refractivity contribution in [3.05, 3.63) is 0 Å². The number of ether oxygens (including phenoxy) is 1. The summed E-state index contributed by atoms with van der Waals surface area (Å²) >= 11 is 0. The quantitative estimate of drug-likeness (QED) is 0.782. The predicted molar refractivity (Wildman–Crippen MR) is 66.8 cm³/mol. The molecule has 1 saturated heterocycles. The highest BCUT2D eigenvalue weighted by molar-refractivity contribution is 4.91. The molecule has 2 bridgehead atoms. The van der Waals surface area contributed by atoms with Gasteiger partial charge in [-0.3, -0.25) is 0 Å². The van der Waals surface area contributed by atoms with Gasteiger partial charge in [0.1, 0.15) is 0 Å². The van der Waals surface area contributed by atoms with Crippen LogP contribution < -0.4 is 5.32 Å². The third-order valence-corrected chi connectivity index (χ3v) is 5.17. The monoisotopic (exact) mass is 239 g/mol. The van der Waals surface area contributed by atoms with Crippen LogP contribution in [0.4, 0.5) is 0 Å². The van der Waals surface area contributed by atoms with Gasteiger partial charge in [-0.15, -0.1) is 0 Å². The van der Waals surface area contributed by atoms with Crippen molar-refractivity contribution < 1.29 is 9.84 Å². The maximum Gasteiger partial charge on any atom is 0.0815 e. The van der Waals surface area contributed by atoms with E-state index in [1.165, 1.54) is 25.7 Å². The van der Waals surface area contributed by atoms with Gasteiger partial charge in [-0.25, -0.2) is 0 Å². The number of aliphatic hydroxyl groups is 1. The molecule has 3 aliphatic rings. The highest BCUT2D eigenvalue weighted by Crippen LogP contribution is 2.47. The summed E-state index contributed by atoms with van der Waals surface area (Å²) in [5, 5.41) is 13.9. The Labute approximate surface area is 104 Å². The van der Waals surface area contributed by atoms with E-state index >= 15 is 0 Å². The Balaban J connectivity index is 1.40. The molecule has 0 aromatic rings. The van der Waals surface area contributed by atoms with E-state index in [4.69, 9.17) is 4.74 Å². The van der Waals surface area contributed by atoms with Crippen LogP contribution in [-0.4, -0.2) is 37.0 Å². The zero-order valence-corrected chi connectivity index (χ0v) is 10.7. The zero-order valence-electron chi connectivity index (χ0n) is 10.7. The van der Waals surface area contributed by atoms with Crippen LogP contribution in [0.1, 0.15) is 38.5 Å². The van der Waals surface area contributed by atoms with Gasteiger partial charge in [0.15, 0.2) is 0 Å². The zero-order chi connectivity index (χ0) is 11.7. The van der Waals surface area contributed by atoms with E-state index in [9.17, 15) is 5.11 Å². The Morgan fingerprint density at radius 3 is 2.65 bits per heavy atom. The van der Waals surface area contributed by atoms with Gasteiger partial charge in [-0.1, -0.05) is 6.42 Å². The molecule has 17 heavy (non-hydrogen) atoms. The predicted octanol–water partition coefficient (Wildman–Crippen LogP) is 1.55. The third-order valence-electron chi connectivity index (χ3n) is 5.17. The molecule has 3 fully saturated rings. The van der Waals surface area contributed by atoms with Gasteiger partial charge < -0.3 is 15.2 Å². The minimum atomic E-state index is -0.504. The number of fused-ring (bicyclic) bond motifs is 2. The van der Waals surface area contributed by atoms with Crippen molar-refractivity contribution >= 4 is 0 Å². The average molecular weight is 239 g/mol. The molecule has 2 saturated carbocycles. The lowest BCUT2D eigenvalue weighted by Crippen LogP contribution is -2.46. The summed E-state index contributed by atoms with van der Waals surface area (Å²) in [6.45, 7) is 3.30. The lowest BCUT2D eigenvalue weighted by molar-refractivity contribution is -0.0619. The second kappa shape index (κ2) is 4.87. The maximum atomic E-state index is 10.3. The van der Waals surface area contributed by atoms with E-state index < -0.39 is 5.60 Å². The SMILES string of the molecule is OC1(CNCC2CC3CCC2C3)CCOCC1. The van der Waals surface area contributed by atoms with Gasteiger partial charge in [0.2, 0.25) is 0 Å². The summed E-state index contributed by atoms with van der Waals surface area (Å²) in [5.41, 5.74) is -0.504. The van der Waals surface area contributed by atoms with Crippen LogP contribution in [0.5, 0.6) is 0 Å². The molecule has 1 heterocycles. The number of hydrogen-bond donors (Lipinski definition) is 2. The Morgan fingerprint density at radius 1 is 1.18 bits per heavy atom. The molecule has 0 aromatic carbocycles. The molecule has 3 heteroatoms. The summed E-state index contributed by atoms with van der Waals surface area (Å²) in [5.74, 6) is 2.90. The van der Waals surface area contributed by atoms with Crippen LogP contribution in [-0.2, 0) is 4.74 Å². The van der Waals surface area contributed by atoms with Crippen molar-refractivity contribution in [1.82, 2.24) is 5.32 Å². The minimum absolute atomic E-state index is 0.504. The molecule has 98 valence electrons. The van der Waals surface area contributed by atoms with E-state index in [1.54, 1.807) is 0 Å². The van der Waals surface area contributed by atoms with Crippen molar-refractivity contribution in [3.63, 3.8) is 0 Å². The van der Waals surface area contributed by atoms with Crippen molar-refractivity contribution in [2.45, 2.75) is 44.1 Å². The van der Waals surface area contributed by atoms with Crippen molar-refractivity contribution in [2.75, 3.05) is 26.3 Å². The molecule has 0 spiro atoms. The molecule has 3 atom stereocenters. The van der Waals surface area contributed by atoms with Gasteiger partial charge >= 0.3 is 0 Å². The average Bonchev–Trinajstić information content (AvgIpc) is 2.92. The third kappa shape index (κ3) is 2.67. The number of rotatable bonds is 4. The van der Waals surface area contributed by atoms with Crippen molar-refractivity contribution in [3.8, 4) is 0 Å². The maximum absolute atomic E-state index is 10.3. The first kappa shape index (κ1) is 11.9. The van der Waals surface area contributed by atoms with Crippen LogP contribution in [0.25, 0.3) is 0 Å². The summed E-state index contributed by atoms with van der Waals surface area (Å²) < 4.78 is 5.30. The van der Waals surface area contributed by atoms with Crippen LogP contribution in [0.2, 0.25) is 0 Å². The van der Waals surface area contributed by atoms with Gasteiger partial charge in [-0.05, 0) is 43.6 Å². The van der Waals surface area contributed by atoms with Gasteiger partial charge in [0.25, 0.3) is 0 Å². The molecule has 3 unspecified atom stereocenters.